The van der Waals surface area contributed by atoms with Gasteiger partial charge in [-0.15, -0.1) is 0 Å². The van der Waals surface area contributed by atoms with Crippen LogP contribution < -0.4 is 5.43 Å². The van der Waals surface area contributed by atoms with Crippen LogP contribution in [0.3, 0.4) is 0 Å². The Labute approximate surface area is 107 Å². The summed E-state index contributed by atoms with van der Waals surface area (Å²) in [5.74, 6) is -1.37. The van der Waals surface area contributed by atoms with E-state index in [2.05, 4.69) is 5.43 Å². The van der Waals surface area contributed by atoms with Crippen LogP contribution in [0.1, 0.15) is 5.56 Å². The number of halogens is 3. The smallest absolute Gasteiger partial charge is 0.403 e. The second kappa shape index (κ2) is 4.58. The lowest BCUT2D eigenvalue weighted by Crippen LogP contribution is -2.54. The van der Waals surface area contributed by atoms with Gasteiger partial charge in [0.25, 0.3) is 0 Å². The summed E-state index contributed by atoms with van der Waals surface area (Å²) in [6.07, 6.45) is -2.10. The van der Waals surface area contributed by atoms with Crippen LogP contribution in [0.15, 0.2) is 42.6 Å². The number of carbonyl (C=O) groups is 1. The molecule has 1 atom stereocenters. The summed E-state index contributed by atoms with van der Waals surface area (Å²) in [7, 11) is 0. The Bertz CT molecular complexity index is 501. The topological polar surface area (TPSA) is 52.6 Å². The third-order valence-electron chi connectivity index (χ3n) is 2.86. The number of hydrogen-bond acceptors (Lipinski definition) is 3. The number of rotatable bonds is 3. The maximum absolute atomic E-state index is 12.5. The van der Waals surface area contributed by atoms with Crippen molar-refractivity contribution >= 4 is 5.97 Å². The molecule has 7 heteroatoms. The predicted molar refractivity (Wildman–Crippen MR) is 60.8 cm³/mol. The first-order valence-corrected chi connectivity index (χ1v) is 5.43. The van der Waals surface area contributed by atoms with Gasteiger partial charge in [0, 0.05) is 6.20 Å². The lowest BCUT2D eigenvalue weighted by molar-refractivity contribution is -0.173. The molecule has 0 aliphatic carbocycles. The Balaban J connectivity index is 2.44. The third kappa shape index (κ3) is 2.41. The number of carboxylic acid groups (broad SMARTS) is 1. The molecule has 1 aromatic rings. The molecule has 0 radical (unpaired) electrons. The molecule has 19 heavy (non-hydrogen) atoms. The molecule has 2 rings (SSSR count). The summed E-state index contributed by atoms with van der Waals surface area (Å²) in [4.78, 5) is 11.5. The highest BCUT2D eigenvalue weighted by molar-refractivity contribution is 5.84. The lowest BCUT2D eigenvalue weighted by Gasteiger charge is -2.34. The van der Waals surface area contributed by atoms with Gasteiger partial charge in [-0.25, -0.2) is 4.79 Å². The molecule has 0 saturated carbocycles. The normalized spacial score (nSPS) is 23.3. The Morgan fingerprint density at radius 3 is 2.47 bits per heavy atom. The van der Waals surface area contributed by atoms with Crippen LogP contribution in [0.4, 0.5) is 13.2 Å². The standard InChI is InChI=1S/C12H11F3N2O2/c13-12(14,15)8-17-11(10(18)19,6-7-16-17)9-4-2-1-3-5-9/h1-7,16H,8H2,(H,18,19). The zero-order valence-corrected chi connectivity index (χ0v) is 9.69. The fourth-order valence-corrected chi connectivity index (χ4v) is 2.04. The zero-order chi connectivity index (χ0) is 14.1. The molecule has 0 spiro atoms. The van der Waals surface area contributed by atoms with Gasteiger partial charge in [-0.1, -0.05) is 30.3 Å². The van der Waals surface area contributed by atoms with Crippen molar-refractivity contribution in [3.8, 4) is 0 Å². The van der Waals surface area contributed by atoms with Gasteiger partial charge >= 0.3 is 12.1 Å². The summed E-state index contributed by atoms with van der Waals surface area (Å²) < 4.78 is 37.6. The maximum atomic E-state index is 12.5. The van der Waals surface area contributed by atoms with E-state index in [1.54, 1.807) is 18.2 Å². The van der Waals surface area contributed by atoms with Gasteiger partial charge in [0.1, 0.15) is 6.54 Å². The van der Waals surface area contributed by atoms with Crippen LogP contribution >= 0.6 is 0 Å². The molecule has 102 valence electrons. The minimum Gasteiger partial charge on any atom is -0.479 e. The van der Waals surface area contributed by atoms with E-state index >= 15 is 0 Å². The molecule has 0 amide bonds. The summed E-state index contributed by atoms with van der Waals surface area (Å²) in [5, 5.41) is 10.0. The van der Waals surface area contributed by atoms with Gasteiger partial charge < -0.3 is 10.5 Å². The molecule has 0 aromatic heterocycles. The summed E-state index contributed by atoms with van der Waals surface area (Å²) >= 11 is 0. The van der Waals surface area contributed by atoms with E-state index in [9.17, 15) is 23.1 Å². The van der Waals surface area contributed by atoms with Crippen molar-refractivity contribution in [1.29, 1.82) is 0 Å². The molecule has 1 heterocycles. The second-order valence-electron chi connectivity index (χ2n) is 4.10. The molecule has 4 nitrogen and oxygen atoms in total. The Morgan fingerprint density at radius 1 is 1.32 bits per heavy atom. The van der Waals surface area contributed by atoms with Crippen molar-refractivity contribution in [3.05, 3.63) is 48.2 Å². The van der Waals surface area contributed by atoms with Crippen molar-refractivity contribution < 1.29 is 23.1 Å². The van der Waals surface area contributed by atoms with Gasteiger partial charge in [0.15, 0.2) is 5.54 Å². The van der Waals surface area contributed by atoms with Crippen LogP contribution in [-0.2, 0) is 10.3 Å². The van der Waals surface area contributed by atoms with Crippen LogP contribution in [0, 0.1) is 0 Å². The molecule has 2 N–H and O–H groups in total. The fraction of sp³-hybridized carbons (Fsp3) is 0.250. The SMILES string of the molecule is O=C(O)C1(c2ccccc2)C=CNN1CC(F)(F)F. The monoisotopic (exact) mass is 272 g/mol. The van der Waals surface area contributed by atoms with Gasteiger partial charge in [-0.3, -0.25) is 0 Å². The third-order valence-corrected chi connectivity index (χ3v) is 2.86. The average Bonchev–Trinajstić information content (AvgIpc) is 2.72. The molecular weight excluding hydrogens is 261 g/mol. The number of nitrogens with one attached hydrogen (secondary N) is 1. The first-order valence-electron chi connectivity index (χ1n) is 5.43. The Hall–Kier alpha value is -2.02. The number of aliphatic carboxylic acids is 1. The Morgan fingerprint density at radius 2 is 1.95 bits per heavy atom. The minimum absolute atomic E-state index is 0.257. The molecule has 1 aromatic carbocycles. The number of nitrogens with zero attached hydrogens (tertiary/aromatic N) is 1. The quantitative estimate of drug-likeness (QED) is 0.882. The fourth-order valence-electron chi connectivity index (χ4n) is 2.04. The highest BCUT2D eigenvalue weighted by Crippen LogP contribution is 2.34. The zero-order valence-electron chi connectivity index (χ0n) is 9.69. The van der Waals surface area contributed by atoms with E-state index in [0.29, 0.717) is 5.01 Å². The van der Waals surface area contributed by atoms with Crippen molar-refractivity contribution in [2.75, 3.05) is 6.54 Å². The van der Waals surface area contributed by atoms with E-state index in [1.807, 2.05) is 0 Å². The molecular formula is C12H11F3N2O2. The molecule has 1 aliphatic heterocycles. The summed E-state index contributed by atoms with van der Waals surface area (Å²) in [5.41, 5.74) is 0.743. The van der Waals surface area contributed by atoms with E-state index < -0.39 is 24.2 Å². The number of hydrazine groups is 1. The van der Waals surface area contributed by atoms with Gasteiger partial charge in [-0.05, 0) is 11.6 Å². The number of benzene rings is 1. The van der Waals surface area contributed by atoms with Crippen molar-refractivity contribution in [2.24, 2.45) is 0 Å². The number of carboxylic acids is 1. The van der Waals surface area contributed by atoms with E-state index in [4.69, 9.17) is 0 Å². The molecule has 1 aliphatic rings. The summed E-state index contributed by atoms with van der Waals surface area (Å²) in [6.45, 7) is -1.37. The van der Waals surface area contributed by atoms with Crippen LogP contribution in [0.2, 0.25) is 0 Å². The van der Waals surface area contributed by atoms with E-state index in [-0.39, 0.29) is 5.56 Å². The summed E-state index contributed by atoms with van der Waals surface area (Å²) in [6, 6.07) is 7.79. The van der Waals surface area contributed by atoms with E-state index in [1.165, 1.54) is 24.4 Å². The van der Waals surface area contributed by atoms with E-state index in [0.717, 1.165) is 0 Å². The second-order valence-corrected chi connectivity index (χ2v) is 4.10. The number of hydrogen-bond donors (Lipinski definition) is 2. The molecule has 1 unspecified atom stereocenters. The van der Waals surface area contributed by atoms with Crippen LogP contribution in [0.5, 0.6) is 0 Å². The molecule has 0 saturated heterocycles. The van der Waals surface area contributed by atoms with Gasteiger partial charge in [0.05, 0.1) is 0 Å². The number of alkyl halides is 3. The van der Waals surface area contributed by atoms with Gasteiger partial charge in [-0.2, -0.15) is 18.2 Å². The van der Waals surface area contributed by atoms with Gasteiger partial charge in [0.2, 0.25) is 0 Å². The first kappa shape index (κ1) is 13.4. The minimum atomic E-state index is -4.51. The van der Waals surface area contributed by atoms with Crippen molar-refractivity contribution in [2.45, 2.75) is 11.7 Å². The molecule has 0 fully saturated rings. The van der Waals surface area contributed by atoms with Crippen molar-refractivity contribution in [3.63, 3.8) is 0 Å². The first-order chi connectivity index (χ1) is 8.86. The average molecular weight is 272 g/mol. The predicted octanol–water partition coefficient (Wildman–Crippen LogP) is 1.86. The highest BCUT2D eigenvalue weighted by atomic mass is 19.4. The molecule has 0 bridgehead atoms. The van der Waals surface area contributed by atoms with Crippen LogP contribution in [0.25, 0.3) is 0 Å². The Kier molecular flexibility index (Phi) is 3.23. The highest BCUT2D eigenvalue weighted by Gasteiger charge is 2.50. The van der Waals surface area contributed by atoms with Crippen molar-refractivity contribution in [1.82, 2.24) is 10.4 Å². The van der Waals surface area contributed by atoms with Crippen LogP contribution in [-0.4, -0.2) is 28.8 Å². The maximum Gasteiger partial charge on any atom is 0.403 e. The lowest BCUT2D eigenvalue weighted by atomic mass is 9.90. The largest absolute Gasteiger partial charge is 0.479 e.